The van der Waals surface area contributed by atoms with Gasteiger partial charge < -0.3 is 15.2 Å². The van der Waals surface area contributed by atoms with Crippen LogP contribution in [0.15, 0.2) is 18.2 Å². The van der Waals surface area contributed by atoms with Gasteiger partial charge in [0.05, 0.1) is 0 Å². The highest BCUT2D eigenvalue weighted by Crippen LogP contribution is 2.48. The molecule has 1 fully saturated rings. The number of para-hydroxylation sites is 1. The molecule has 2 aliphatic rings. The smallest absolute Gasteiger partial charge is 0.166 e. The number of fused-ring (bicyclic) bond motifs is 1. The van der Waals surface area contributed by atoms with Gasteiger partial charge in [-0.3, -0.25) is 0 Å². The Morgan fingerprint density at radius 3 is 2.75 bits per heavy atom. The minimum atomic E-state index is -0.286. The summed E-state index contributed by atoms with van der Waals surface area (Å²) in [4.78, 5) is 0. The van der Waals surface area contributed by atoms with Crippen LogP contribution in [0.5, 0.6) is 11.5 Å². The van der Waals surface area contributed by atoms with Crippen molar-refractivity contribution in [3.8, 4) is 11.5 Å². The lowest BCUT2D eigenvalue weighted by molar-refractivity contribution is 0.166. The van der Waals surface area contributed by atoms with Gasteiger partial charge in [0.1, 0.15) is 13.2 Å². The largest absolute Gasteiger partial charge is 0.486 e. The third kappa shape index (κ3) is 1.47. The average Bonchev–Trinajstić information content (AvgIpc) is 3.12. The van der Waals surface area contributed by atoms with Crippen LogP contribution < -0.4 is 15.2 Å². The first kappa shape index (κ1) is 9.97. The SMILES string of the molecule is CC(N)(c1cccc2c1OCCO2)C1CC1. The maximum atomic E-state index is 6.43. The molecule has 1 saturated carbocycles. The van der Waals surface area contributed by atoms with Gasteiger partial charge in [-0.15, -0.1) is 0 Å². The highest BCUT2D eigenvalue weighted by molar-refractivity contribution is 5.50. The Morgan fingerprint density at radius 2 is 2.00 bits per heavy atom. The zero-order chi connectivity index (χ0) is 11.2. The van der Waals surface area contributed by atoms with E-state index in [-0.39, 0.29) is 5.54 Å². The summed E-state index contributed by atoms with van der Waals surface area (Å²) in [5, 5.41) is 0. The van der Waals surface area contributed by atoms with Crippen molar-refractivity contribution in [1.29, 1.82) is 0 Å². The van der Waals surface area contributed by atoms with Crippen molar-refractivity contribution in [3.63, 3.8) is 0 Å². The fourth-order valence-corrected chi connectivity index (χ4v) is 2.40. The molecule has 0 saturated heterocycles. The van der Waals surface area contributed by atoms with Gasteiger partial charge in [0.15, 0.2) is 11.5 Å². The molecule has 1 heterocycles. The van der Waals surface area contributed by atoms with Gasteiger partial charge in [0.25, 0.3) is 0 Å². The summed E-state index contributed by atoms with van der Waals surface area (Å²) in [6.07, 6.45) is 2.44. The van der Waals surface area contributed by atoms with Crippen LogP contribution in [0, 0.1) is 5.92 Å². The van der Waals surface area contributed by atoms with E-state index in [1.165, 1.54) is 12.8 Å². The summed E-state index contributed by atoms with van der Waals surface area (Å²) >= 11 is 0. The molecular weight excluding hydrogens is 202 g/mol. The fraction of sp³-hybridized carbons (Fsp3) is 0.538. The lowest BCUT2D eigenvalue weighted by Gasteiger charge is -2.30. The molecule has 1 aliphatic carbocycles. The normalized spacial score (nSPS) is 22.6. The molecule has 0 amide bonds. The van der Waals surface area contributed by atoms with Crippen molar-refractivity contribution in [1.82, 2.24) is 0 Å². The molecule has 86 valence electrons. The highest BCUT2D eigenvalue weighted by atomic mass is 16.6. The predicted molar refractivity (Wildman–Crippen MR) is 61.7 cm³/mol. The van der Waals surface area contributed by atoms with Crippen LogP contribution in [0.1, 0.15) is 25.3 Å². The van der Waals surface area contributed by atoms with Gasteiger partial charge in [-0.2, -0.15) is 0 Å². The lowest BCUT2D eigenvalue weighted by atomic mass is 9.87. The summed E-state index contributed by atoms with van der Waals surface area (Å²) in [6.45, 7) is 3.34. The van der Waals surface area contributed by atoms with Crippen molar-refractivity contribution in [2.45, 2.75) is 25.3 Å². The molecule has 1 aromatic carbocycles. The number of nitrogens with two attached hydrogens (primary N) is 1. The number of rotatable bonds is 2. The van der Waals surface area contributed by atoms with Gasteiger partial charge in [-0.1, -0.05) is 12.1 Å². The summed E-state index contributed by atoms with van der Waals surface area (Å²) in [5.41, 5.74) is 7.24. The van der Waals surface area contributed by atoms with Crippen LogP contribution in [-0.4, -0.2) is 13.2 Å². The van der Waals surface area contributed by atoms with E-state index in [9.17, 15) is 0 Å². The van der Waals surface area contributed by atoms with E-state index < -0.39 is 0 Å². The molecule has 0 bridgehead atoms. The molecule has 1 aliphatic heterocycles. The molecule has 3 rings (SSSR count). The minimum absolute atomic E-state index is 0.286. The van der Waals surface area contributed by atoms with E-state index in [1.807, 2.05) is 12.1 Å². The highest BCUT2D eigenvalue weighted by Gasteiger charge is 2.42. The first-order chi connectivity index (χ1) is 7.69. The number of hydrogen-bond acceptors (Lipinski definition) is 3. The van der Waals surface area contributed by atoms with Crippen molar-refractivity contribution in [2.24, 2.45) is 11.7 Å². The third-order valence-electron chi connectivity index (χ3n) is 3.57. The van der Waals surface area contributed by atoms with Crippen LogP contribution in [0.2, 0.25) is 0 Å². The van der Waals surface area contributed by atoms with E-state index in [2.05, 4.69) is 13.0 Å². The Labute approximate surface area is 95.5 Å². The molecule has 3 heteroatoms. The second-order valence-corrected chi connectivity index (χ2v) is 4.89. The maximum Gasteiger partial charge on any atom is 0.166 e. The van der Waals surface area contributed by atoms with Gasteiger partial charge in [0, 0.05) is 11.1 Å². The van der Waals surface area contributed by atoms with E-state index in [4.69, 9.17) is 15.2 Å². The minimum Gasteiger partial charge on any atom is -0.486 e. The molecule has 0 spiro atoms. The Bertz CT molecular complexity index is 410. The number of hydrogen-bond donors (Lipinski definition) is 1. The molecular formula is C13H17NO2. The number of ether oxygens (including phenoxy) is 2. The van der Waals surface area contributed by atoms with Crippen molar-refractivity contribution in [2.75, 3.05) is 13.2 Å². The first-order valence-electron chi connectivity index (χ1n) is 5.87. The standard InChI is InChI=1S/C13H17NO2/c1-13(14,9-5-6-9)10-3-2-4-11-12(10)16-8-7-15-11/h2-4,9H,5-8,14H2,1H3. The second kappa shape index (κ2) is 3.39. The summed E-state index contributed by atoms with van der Waals surface area (Å²) in [6, 6.07) is 6.00. The molecule has 0 aromatic heterocycles. The molecule has 0 radical (unpaired) electrons. The quantitative estimate of drug-likeness (QED) is 0.827. The van der Waals surface area contributed by atoms with Gasteiger partial charge in [0.2, 0.25) is 0 Å². The summed E-state index contributed by atoms with van der Waals surface area (Å²) in [7, 11) is 0. The van der Waals surface area contributed by atoms with Crippen molar-refractivity contribution < 1.29 is 9.47 Å². The van der Waals surface area contributed by atoms with E-state index in [0.717, 1.165) is 17.1 Å². The lowest BCUT2D eigenvalue weighted by Crippen LogP contribution is -2.36. The summed E-state index contributed by atoms with van der Waals surface area (Å²) in [5.74, 6) is 2.27. The Hall–Kier alpha value is -1.22. The van der Waals surface area contributed by atoms with E-state index in [0.29, 0.717) is 19.1 Å². The third-order valence-corrected chi connectivity index (χ3v) is 3.57. The van der Waals surface area contributed by atoms with Crippen molar-refractivity contribution >= 4 is 0 Å². The van der Waals surface area contributed by atoms with Gasteiger partial charge in [-0.05, 0) is 31.7 Å². The van der Waals surface area contributed by atoms with E-state index >= 15 is 0 Å². The molecule has 1 aromatic rings. The molecule has 2 N–H and O–H groups in total. The average molecular weight is 219 g/mol. The Morgan fingerprint density at radius 1 is 1.25 bits per heavy atom. The topological polar surface area (TPSA) is 44.5 Å². The maximum absolute atomic E-state index is 6.43. The fourth-order valence-electron chi connectivity index (χ4n) is 2.40. The Balaban J connectivity index is 2.06. The monoisotopic (exact) mass is 219 g/mol. The molecule has 1 atom stereocenters. The zero-order valence-corrected chi connectivity index (χ0v) is 9.53. The molecule has 16 heavy (non-hydrogen) atoms. The van der Waals surface area contributed by atoms with Gasteiger partial charge in [-0.25, -0.2) is 0 Å². The molecule has 1 unspecified atom stereocenters. The first-order valence-corrected chi connectivity index (χ1v) is 5.87. The second-order valence-electron chi connectivity index (χ2n) is 4.89. The molecule has 3 nitrogen and oxygen atoms in total. The van der Waals surface area contributed by atoms with Crippen LogP contribution in [-0.2, 0) is 5.54 Å². The van der Waals surface area contributed by atoms with Crippen LogP contribution in [0.25, 0.3) is 0 Å². The summed E-state index contributed by atoms with van der Waals surface area (Å²) < 4.78 is 11.3. The van der Waals surface area contributed by atoms with Crippen LogP contribution in [0.4, 0.5) is 0 Å². The zero-order valence-electron chi connectivity index (χ0n) is 9.53. The predicted octanol–water partition coefficient (Wildman–Crippen LogP) is 2.04. The number of benzene rings is 1. The van der Waals surface area contributed by atoms with Crippen molar-refractivity contribution in [3.05, 3.63) is 23.8 Å². The van der Waals surface area contributed by atoms with Crippen LogP contribution in [0.3, 0.4) is 0 Å². The van der Waals surface area contributed by atoms with E-state index in [1.54, 1.807) is 0 Å². The Kier molecular flexibility index (Phi) is 2.11. The van der Waals surface area contributed by atoms with Gasteiger partial charge >= 0.3 is 0 Å². The van der Waals surface area contributed by atoms with Crippen LogP contribution >= 0.6 is 0 Å².